The first-order chi connectivity index (χ1) is 15.9. The molecule has 1 N–H and O–H groups in total. The lowest BCUT2D eigenvalue weighted by atomic mass is 9.49. The van der Waals surface area contributed by atoms with Crippen molar-refractivity contribution in [3.8, 4) is 11.3 Å². The lowest BCUT2D eigenvalue weighted by Gasteiger charge is -2.55. The van der Waals surface area contributed by atoms with Crippen LogP contribution in [-0.4, -0.2) is 21.1 Å². The van der Waals surface area contributed by atoms with Crippen molar-refractivity contribution in [2.24, 2.45) is 23.2 Å². The lowest BCUT2D eigenvalue weighted by Crippen LogP contribution is -2.57. The number of amides is 2. The second kappa shape index (κ2) is 8.00. The molecule has 1 aliphatic heterocycles. The van der Waals surface area contributed by atoms with Gasteiger partial charge in [0.2, 0.25) is 5.91 Å². The average Bonchev–Trinajstić information content (AvgIpc) is 3.33. The molecule has 170 valence electrons. The zero-order valence-corrected chi connectivity index (χ0v) is 20.3. The minimum atomic E-state index is -0.337. The van der Waals surface area contributed by atoms with Gasteiger partial charge in [0.1, 0.15) is 11.5 Å². The fourth-order valence-corrected chi connectivity index (χ4v) is 7.79. The third kappa shape index (κ3) is 3.84. The number of thiocarbonyl (C=S) groups is 1. The number of carbonyl (C=O) groups excluding carboxylic acids is 2. The number of hydrogen-bond donors (Lipinski definition) is 1. The maximum Gasteiger partial charge on any atom is 0.285 e. The molecule has 2 aromatic rings. The summed E-state index contributed by atoms with van der Waals surface area (Å²) in [4.78, 5) is 26.9. The van der Waals surface area contributed by atoms with Crippen LogP contribution >= 0.6 is 35.6 Å². The van der Waals surface area contributed by atoms with E-state index in [0.29, 0.717) is 43.5 Å². The summed E-state index contributed by atoms with van der Waals surface area (Å²) < 4.78 is 6.24. The normalized spacial score (nSPS) is 31.6. The summed E-state index contributed by atoms with van der Waals surface area (Å²) in [7, 11) is 0. The number of thioether (sulfide) groups is 1. The number of hydrazine groups is 1. The van der Waals surface area contributed by atoms with Crippen LogP contribution in [0.15, 0.2) is 45.7 Å². The fourth-order valence-electron chi connectivity index (χ4n) is 6.50. The average molecular weight is 499 g/mol. The van der Waals surface area contributed by atoms with Gasteiger partial charge in [-0.25, -0.2) is 0 Å². The largest absolute Gasteiger partial charge is 0.457 e. The topological polar surface area (TPSA) is 62.6 Å². The number of nitrogens with zero attached hydrogens (tertiary/aromatic N) is 1. The molecule has 4 saturated carbocycles. The molecule has 2 amide bonds. The Labute approximate surface area is 206 Å². The first kappa shape index (κ1) is 21.4. The van der Waals surface area contributed by atoms with Crippen molar-refractivity contribution in [2.45, 2.75) is 38.5 Å². The van der Waals surface area contributed by atoms with Gasteiger partial charge in [-0.15, -0.1) is 0 Å². The summed E-state index contributed by atoms with van der Waals surface area (Å²) in [6.07, 6.45) is 8.28. The number of halogens is 1. The molecule has 0 atom stereocenters. The monoisotopic (exact) mass is 498 g/mol. The number of nitrogens with one attached hydrogen (secondary N) is 1. The van der Waals surface area contributed by atoms with Crippen LogP contribution in [0.2, 0.25) is 5.02 Å². The molecule has 5 aliphatic rings. The third-order valence-corrected chi connectivity index (χ3v) is 9.11. The van der Waals surface area contributed by atoms with Gasteiger partial charge in [0, 0.05) is 16.7 Å². The van der Waals surface area contributed by atoms with Crippen LogP contribution in [-0.2, 0) is 9.59 Å². The number of benzene rings is 1. The Balaban J connectivity index is 1.18. The molecule has 1 saturated heterocycles. The Kier molecular flexibility index (Phi) is 5.20. The molecule has 8 heteroatoms. The Bertz CT molecular complexity index is 1150. The summed E-state index contributed by atoms with van der Waals surface area (Å²) in [6, 6.07) is 11.0. The molecule has 33 heavy (non-hydrogen) atoms. The van der Waals surface area contributed by atoms with E-state index in [1.54, 1.807) is 18.2 Å². The maximum absolute atomic E-state index is 13.4. The van der Waals surface area contributed by atoms with E-state index in [9.17, 15) is 9.59 Å². The summed E-state index contributed by atoms with van der Waals surface area (Å²) in [5.74, 6) is 2.84. The van der Waals surface area contributed by atoms with E-state index >= 15 is 0 Å². The number of furan rings is 1. The molecular weight excluding hydrogens is 476 g/mol. The predicted octanol–water partition coefficient (Wildman–Crippen LogP) is 6.05. The number of rotatable bonds is 4. The van der Waals surface area contributed by atoms with Crippen LogP contribution in [0.4, 0.5) is 0 Å². The standard InChI is InChI=1S/C25H23ClN2O3S2/c26-18-3-1-17(2-4-18)20-6-5-19(31-20)10-21-22(29)28(24(32)33-21)27-23(30)25-11-14-7-15(12-25)9-16(8-14)13-25/h1-6,10,14-16H,7-9,11-13H2,(H,27,30)/b21-10+. The number of carbonyl (C=O) groups is 2. The minimum Gasteiger partial charge on any atom is -0.457 e. The quantitative estimate of drug-likeness (QED) is 0.410. The van der Waals surface area contributed by atoms with Crippen LogP contribution in [0, 0.1) is 23.2 Å². The van der Waals surface area contributed by atoms with Crippen LogP contribution in [0.25, 0.3) is 17.4 Å². The molecule has 0 spiro atoms. The SMILES string of the molecule is O=C1/C(=C\c2ccc(-c3ccc(Cl)cc3)o2)SC(=S)N1NC(=O)C12CC3CC(CC(C3)C1)C2. The van der Waals surface area contributed by atoms with Crippen molar-refractivity contribution in [1.82, 2.24) is 10.4 Å². The van der Waals surface area contributed by atoms with Crippen molar-refractivity contribution >= 4 is 57.8 Å². The molecule has 7 rings (SSSR count). The summed E-state index contributed by atoms with van der Waals surface area (Å²) in [6.45, 7) is 0. The van der Waals surface area contributed by atoms with E-state index in [-0.39, 0.29) is 17.2 Å². The van der Waals surface area contributed by atoms with E-state index in [1.807, 2.05) is 24.3 Å². The van der Waals surface area contributed by atoms with Crippen LogP contribution in [0.1, 0.15) is 44.3 Å². The van der Waals surface area contributed by atoms with Gasteiger partial charge < -0.3 is 4.42 Å². The molecule has 0 radical (unpaired) electrons. The highest BCUT2D eigenvalue weighted by molar-refractivity contribution is 8.26. The summed E-state index contributed by atoms with van der Waals surface area (Å²) >= 11 is 12.6. The van der Waals surface area contributed by atoms with Gasteiger partial charge in [0.05, 0.1) is 10.3 Å². The van der Waals surface area contributed by atoms with Crippen molar-refractivity contribution in [3.05, 3.63) is 52.1 Å². The van der Waals surface area contributed by atoms with Crippen LogP contribution in [0.5, 0.6) is 0 Å². The molecule has 4 aliphatic carbocycles. The highest BCUT2D eigenvalue weighted by Gasteiger charge is 2.55. The predicted molar refractivity (Wildman–Crippen MR) is 133 cm³/mol. The highest BCUT2D eigenvalue weighted by atomic mass is 35.5. The van der Waals surface area contributed by atoms with Crippen LogP contribution in [0.3, 0.4) is 0 Å². The first-order valence-corrected chi connectivity index (χ1v) is 12.9. The van der Waals surface area contributed by atoms with E-state index in [4.69, 9.17) is 28.2 Å². The van der Waals surface area contributed by atoms with E-state index in [1.165, 1.54) is 36.0 Å². The van der Waals surface area contributed by atoms with E-state index < -0.39 is 0 Å². The van der Waals surface area contributed by atoms with Gasteiger partial charge in [0.15, 0.2) is 4.32 Å². The molecular formula is C25H23ClN2O3S2. The molecule has 5 fully saturated rings. The van der Waals surface area contributed by atoms with Crippen molar-refractivity contribution in [2.75, 3.05) is 0 Å². The number of hydrogen-bond acceptors (Lipinski definition) is 5. The summed E-state index contributed by atoms with van der Waals surface area (Å²) in [5, 5.41) is 1.90. The zero-order chi connectivity index (χ0) is 22.7. The molecule has 4 bridgehead atoms. The van der Waals surface area contributed by atoms with Gasteiger partial charge in [0.25, 0.3) is 5.91 Å². The molecule has 1 aromatic carbocycles. The Morgan fingerprint density at radius 2 is 1.73 bits per heavy atom. The van der Waals surface area contributed by atoms with Gasteiger partial charge >= 0.3 is 0 Å². The minimum absolute atomic E-state index is 0.0397. The van der Waals surface area contributed by atoms with Gasteiger partial charge in [-0.2, -0.15) is 5.01 Å². The van der Waals surface area contributed by atoms with Gasteiger partial charge in [-0.05, 0) is 105 Å². The fraction of sp³-hybridized carbons (Fsp3) is 0.400. The molecule has 0 unspecified atom stereocenters. The zero-order valence-electron chi connectivity index (χ0n) is 17.9. The van der Waals surface area contributed by atoms with Crippen molar-refractivity contribution in [3.63, 3.8) is 0 Å². The van der Waals surface area contributed by atoms with Crippen molar-refractivity contribution in [1.29, 1.82) is 0 Å². The molecule has 1 aromatic heterocycles. The Hall–Kier alpha value is -2.09. The Morgan fingerprint density at radius 3 is 2.36 bits per heavy atom. The van der Waals surface area contributed by atoms with Crippen molar-refractivity contribution < 1.29 is 14.0 Å². The van der Waals surface area contributed by atoms with Gasteiger partial charge in [-0.1, -0.05) is 23.4 Å². The first-order valence-electron chi connectivity index (χ1n) is 11.3. The second-order valence-corrected chi connectivity index (χ2v) is 12.0. The lowest BCUT2D eigenvalue weighted by molar-refractivity contribution is -0.152. The molecule has 2 heterocycles. The second-order valence-electron chi connectivity index (χ2n) is 9.86. The van der Waals surface area contributed by atoms with Crippen LogP contribution < -0.4 is 5.43 Å². The summed E-state index contributed by atoms with van der Waals surface area (Å²) in [5.41, 5.74) is 3.45. The highest BCUT2D eigenvalue weighted by Crippen LogP contribution is 2.60. The molecule has 5 nitrogen and oxygen atoms in total. The van der Waals surface area contributed by atoms with E-state index in [2.05, 4.69) is 5.43 Å². The third-order valence-electron chi connectivity index (χ3n) is 7.56. The van der Waals surface area contributed by atoms with E-state index in [0.717, 1.165) is 24.8 Å². The van der Waals surface area contributed by atoms with Gasteiger partial charge in [-0.3, -0.25) is 15.0 Å². The smallest absolute Gasteiger partial charge is 0.285 e. The maximum atomic E-state index is 13.4. The Morgan fingerprint density at radius 1 is 1.09 bits per heavy atom.